The summed E-state index contributed by atoms with van der Waals surface area (Å²) in [6.07, 6.45) is 0. The summed E-state index contributed by atoms with van der Waals surface area (Å²) in [4.78, 5) is 11.9. The molecule has 1 amide bonds. The van der Waals surface area contributed by atoms with Crippen LogP contribution in [0, 0.1) is 19.7 Å². The van der Waals surface area contributed by atoms with Crippen molar-refractivity contribution in [1.29, 1.82) is 0 Å². The number of halogens is 1. The largest absolute Gasteiger partial charge is 0.332 e. The van der Waals surface area contributed by atoms with Crippen LogP contribution in [0.4, 0.5) is 10.1 Å². The average Bonchev–Trinajstić information content (AvgIpc) is 2.44. The average molecular weight is 302 g/mol. The van der Waals surface area contributed by atoms with E-state index in [0.717, 1.165) is 16.8 Å². The number of carbonyl (C=O) groups excluding carboxylic acids is 1. The second-order valence-corrected chi connectivity index (χ2v) is 5.07. The van der Waals surface area contributed by atoms with Gasteiger partial charge in [0, 0.05) is 11.3 Å². The highest BCUT2D eigenvalue weighted by atomic mass is 32.1. The quantitative estimate of drug-likeness (QED) is 0.833. The van der Waals surface area contributed by atoms with Gasteiger partial charge in [0.1, 0.15) is 5.82 Å². The number of aryl methyl sites for hydroxylation is 1. The molecule has 0 aliphatic heterocycles. The minimum atomic E-state index is -0.386. The van der Waals surface area contributed by atoms with Crippen LogP contribution in [-0.2, 0) is 0 Å². The van der Waals surface area contributed by atoms with Crippen molar-refractivity contribution in [2.75, 3.05) is 5.32 Å². The summed E-state index contributed by atoms with van der Waals surface area (Å²) in [5.74, 6) is -0.763. The van der Waals surface area contributed by atoms with Crippen molar-refractivity contribution >= 4 is 28.9 Å². The van der Waals surface area contributed by atoms with E-state index in [-0.39, 0.29) is 16.8 Å². The number of thiocarbonyl (C=S) groups is 1. The Balaban J connectivity index is 2.03. The van der Waals surface area contributed by atoms with E-state index >= 15 is 0 Å². The number of benzene rings is 2. The summed E-state index contributed by atoms with van der Waals surface area (Å²) in [5.41, 5.74) is 3.39. The molecule has 0 aromatic heterocycles. The number of anilines is 1. The Hall–Kier alpha value is -2.27. The first-order valence-electron chi connectivity index (χ1n) is 6.41. The van der Waals surface area contributed by atoms with Crippen LogP contribution in [0.3, 0.4) is 0 Å². The first kappa shape index (κ1) is 15.1. The number of carbonyl (C=O) groups is 1. The molecular weight excluding hydrogens is 287 g/mol. The predicted molar refractivity (Wildman–Crippen MR) is 86.0 cm³/mol. The van der Waals surface area contributed by atoms with E-state index in [0.29, 0.717) is 5.56 Å². The summed E-state index contributed by atoms with van der Waals surface area (Å²) in [7, 11) is 0. The van der Waals surface area contributed by atoms with Gasteiger partial charge in [-0.15, -0.1) is 0 Å². The molecule has 0 unspecified atom stereocenters. The molecule has 0 fully saturated rings. The molecule has 5 heteroatoms. The second-order valence-electron chi connectivity index (χ2n) is 4.66. The fourth-order valence-corrected chi connectivity index (χ4v) is 2.02. The molecule has 2 aromatic rings. The van der Waals surface area contributed by atoms with Gasteiger partial charge >= 0.3 is 0 Å². The number of nitrogens with one attached hydrogen (secondary N) is 2. The van der Waals surface area contributed by atoms with Gasteiger partial charge in [-0.3, -0.25) is 10.1 Å². The lowest BCUT2D eigenvalue weighted by atomic mass is 10.1. The maximum atomic E-state index is 12.8. The fraction of sp³-hybridized carbons (Fsp3) is 0.125. The van der Waals surface area contributed by atoms with Crippen molar-refractivity contribution in [3.63, 3.8) is 0 Å². The Morgan fingerprint density at radius 3 is 2.43 bits per heavy atom. The standard InChI is InChI=1S/C16H15FN2OS/c1-10-4-3-5-14(11(10)2)18-16(21)19-15(20)12-6-8-13(17)9-7-12/h3-9H,1-2H3,(H2,18,19,20,21). The first-order chi connectivity index (χ1) is 9.97. The van der Waals surface area contributed by atoms with Crippen molar-refractivity contribution in [3.05, 3.63) is 65.0 Å². The van der Waals surface area contributed by atoms with Crippen LogP contribution in [0.15, 0.2) is 42.5 Å². The van der Waals surface area contributed by atoms with Gasteiger partial charge < -0.3 is 5.32 Å². The zero-order valence-corrected chi connectivity index (χ0v) is 12.6. The number of hydrogen-bond acceptors (Lipinski definition) is 2. The number of rotatable bonds is 2. The Morgan fingerprint density at radius 2 is 1.76 bits per heavy atom. The summed E-state index contributed by atoms with van der Waals surface area (Å²) >= 11 is 5.12. The lowest BCUT2D eigenvalue weighted by Gasteiger charge is -2.13. The first-order valence-corrected chi connectivity index (χ1v) is 6.82. The fourth-order valence-electron chi connectivity index (χ4n) is 1.82. The van der Waals surface area contributed by atoms with Gasteiger partial charge in [0.2, 0.25) is 0 Å². The number of hydrogen-bond donors (Lipinski definition) is 2. The van der Waals surface area contributed by atoms with Crippen molar-refractivity contribution in [3.8, 4) is 0 Å². The molecular formula is C16H15FN2OS. The molecule has 0 aliphatic rings. The van der Waals surface area contributed by atoms with Crippen LogP contribution in [0.5, 0.6) is 0 Å². The van der Waals surface area contributed by atoms with Gasteiger partial charge in [0.25, 0.3) is 5.91 Å². The molecule has 0 radical (unpaired) electrons. The van der Waals surface area contributed by atoms with Crippen LogP contribution in [0.1, 0.15) is 21.5 Å². The zero-order chi connectivity index (χ0) is 15.4. The minimum absolute atomic E-state index is 0.207. The zero-order valence-electron chi connectivity index (χ0n) is 11.7. The van der Waals surface area contributed by atoms with Crippen molar-refractivity contribution in [1.82, 2.24) is 5.32 Å². The third-order valence-electron chi connectivity index (χ3n) is 3.19. The molecule has 0 saturated heterocycles. The monoisotopic (exact) mass is 302 g/mol. The molecule has 0 heterocycles. The molecule has 0 spiro atoms. The van der Waals surface area contributed by atoms with E-state index in [2.05, 4.69) is 10.6 Å². The van der Waals surface area contributed by atoms with Crippen LogP contribution < -0.4 is 10.6 Å². The third kappa shape index (κ3) is 3.86. The molecule has 21 heavy (non-hydrogen) atoms. The Labute approximate surface area is 128 Å². The smallest absolute Gasteiger partial charge is 0.257 e. The molecule has 2 aromatic carbocycles. The molecule has 0 atom stereocenters. The van der Waals surface area contributed by atoms with Crippen molar-refractivity contribution < 1.29 is 9.18 Å². The summed E-state index contributed by atoms with van der Waals surface area (Å²) in [6, 6.07) is 11.1. The predicted octanol–water partition coefficient (Wildman–Crippen LogP) is 3.57. The summed E-state index contributed by atoms with van der Waals surface area (Å²) < 4.78 is 12.8. The topological polar surface area (TPSA) is 41.1 Å². The van der Waals surface area contributed by atoms with Gasteiger partial charge in [-0.2, -0.15) is 0 Å². The normalized spacial score (nSPS) is 10.0. The maximum Gasteiger partial charge on any atom is 0.257 e. The highest BCUT2D eigenvalue weighted by Gasteiger charge is 2.09. The van der Waals surface area contributed by atoms with Crippen LogP contribution in [0.2, 0.25) is 0 Å². The maximum absolute atomic E-state index is 12.8. The van der Waals surface area contributed by atoms with Crippen molar-refractivity contribution in [2.45, 2.75) is 13.8 Å². The molecule has 0 aliphatic carbocycles. The second kappa shape index (κ2) is 6.45. The number of amides is 1. The molecule has 108 valence electrons. The Kier molecular flexibility index (Phi) is 4.65. The molecule has 3 nitrogen and oxygen atoms in total. The van der Waals surface area contributed by atoms with E-state index in [4.69, 9.17) is 12.2 Å². The molecule has 2 N–H and O–H groups in total. The van der Waals surface area contributed by atoms with Crippen molar-refractivity contribution in [2.24, 2.45) is 0 Å². The Morgan fingerprint density at radius 1 is 1.10 bits per heavy atom. The lowest BCUT2D eigenvalue weighted by molar-refractivity contribution is 0.0977. The van der Waals surface area contributed by atoms with Gasteiger partial charge in [0.15, 0.2) is 5.11 Å². The van der Waals surface area contributed by atoms with Crippen LogP contribution in [-0.4, -0.2) is 11.0 Å². The summed E-state index contributed by atoms with van der Waals surface area (Å²) in [5, 5.41) is 5.76. The minimum Gasteiger partial charge on any atom is -0.332 e. The van der Waals surface area contributed by atoms with E-state index < -0.39 is 0 Å². The molecule has 0 bridgehead atoms. The van der Waals surface area contributed by atoms with Gasteiger partial charge in [-0.1, -0.05) is 12.1 Å². The van der Waals surface area contributed by atoms with Crippen LogP contribution >= 0.6 is 12.2 Å². The molecule has 0 saturated carbocycles. The van der Waals surface area contributed by atoms with Gasteiger partial charge in [0.05, 0.1) is 0 Å². The highest BCUT2D eigenvalue weighted by Crippen LogP contribution is 2.17. The van der Waals surface area contributed by atoms with E-state index in [1.807, 2.05) is 32.0 Å². The summed E-state index contributed by atoms with van der Waals surface area (Å²) in [6.45, 7) is 3.97. The van der Waals surface area contributed by atoms with Gasteiger partial charge in [-0.05, 0) is 67.5 Å². The van der Waals surface area contributed by atoms with Crippen LogP contribution in [0.25, 0.3) is 0 Å². The Bertz CT molecular complexity index is 683. The van der Waals surface area contributed by atoms with E-state index in [1.54, 1.807) is 0 Å². The highest BCUT2D eigenvalue weighted by molar-refractivity contribution is 7.80. The van der Waals surface area contributed by atoms with E-state index in [9.17, 15) is 9.18 Å². The van der Waals surface area contributed by atoms with E-state index in [1.165, 1.54) is 24.3 Å². The SMILES string of the molecule is Cc1cccc(NC(=S)NC(=O)c2ccc(F)cc2)c1C. The third-order valence-corrected chi connectivity index (χ3v) is 3.39. The lowest BCUT2D eigenvalue weighted by Crippen LogP contribution is -2.34. The van der Waals surface area contributed by atoms with Gasteiger partial charge in [-0.25, -0.2) is 4.39 Å². The molecule has 2 rings (SSSR count).